The van der Waals surface area contributed by atoms with Crippen molar-refractivity contribution in [3.05, 3.63) is 94.0 Å². The summed E-state index contributed by atoms with van der Waals surface area (Å²) in [6, 6.07) is 20.3. The van der Waals surface area contributed by atoms with E-state index in [9.17, 15) is 9.59 Å². The van der Waals surface area contributed by atoms with E-state index in [0.717, 1.165) is 55.5 Å². The predicted molar refractivity (Wildman–Crippen MR) is 251 cm³/mol. The molecule has 0 aromatic heterocycles. The number of nitrogens with zero attached hydrogens (tertiary/aromatic N) is 2. The predicted octanol–water partition coefficient (Wildman–Crippen LogP) is 7.92. The average Bonchev–Trinajstić information content (AvgIpc) is 3.34. The molecule has 4 aromatic carbocycles. The maximum atomic E-state index is 13.2. The Hall–Kier alpha value is -5.86. The smallest absolute Gasteiger partial charge is 0.311 e. The van der Waals surface area contributed by atoms with Gasteiger partial charge in [0.15, 0.2) is 46.0 Å². The van der Waals surface area contributed by atoms with Crippen LogP contribution in [0, 0.1) is 0 Å². The molecule has 6 rings (SSSR count). The Morgan fingerprint density at radius 3 is 1.56 bits per heavy atom. The molecule has 0 bridgehead atoms. The van der Waals surface area contributed by atoms with Gasteiger partial charge < -0.3 is 51.9 Å². The van der Waals surface area contributed by atoms with E-state index in [1.807, 2.05) is 24.3 Å². The van der Waals surface area contributed by atoms with Gasteiger partial charge in [-0.1, -0.05) is 12.1 Å². The molecule has 358 valence electrons. The van der Waals surface area contributed by atoms with Gasteiger partial charge in [0.2, 0.25) is 0 Å². The third kappa shape index (κ3) is 11.9. The first-order valence-corrected chi connectivity index (χ1v) is 22.8. The fourth-order valence-corrected chi connectivity index (χ4v) is 9.46. The minimum atomic E-state index is -0.233. The second kappa shape index (κ2) is 23.5. The number of rotatable bonds is 24. The van der Waals surface area contributed by atoms with E-state index in [2.05, 4.69) is 48.3 Å². The summed E-state index contributed by atoms with van der Waals surface area (Å²) in [5.74, 6) is 5.01. The van der Waals surface area contributed by atoms with Crippen LogP contribution in [0.1, 0.15) is 77.6 Å². The molecule has 0 aliphatic carbocycles. The molecule has 3 atom stereocenters. The van der Waals surface area contributed by atoms with Gasteiger partial charge in [-0.2, -0.15) is 0 Å². The summed E-state index contributed by atoms with van der Waals surface area (Å²) in [4.78, 5) is 28.6. The van der Waals surface area contributed by atoms with Crippen molar-refractivity contribution < 1.29 is 61.4 Å². The normalized spacial score (nSPS) is 17.7. The first-order chi connectivity index (χ1) is 32.0. The monoisotopic (exact) mass is 913 g/mol. The molecule has 0 spiro atoms. The fraction of sp³-hybridized carbons (Fsp3) is 0.500. The van der Waals surface area contributed by atoms with E-state index in [0.29, 0.717) is 102 Å². The van der Waals surface area contributed by atoms with Gasteiger partial charge in [-0.05, 0) is 108 Å². The van der Waals surface area contributed by atoms with Crippen molar-refractivity contribution in [3.8, 4) is 46.0 Å². The van der Waals surface area contributed by atoms with E-state index >= 15 is 0 Å². The van der Waals surface area contributed by atoms with Crippen LogP contribution >= 0.6 is 0 Å². The standard InChI is InChI=1S/C52H69N2O12/c1-54(23-19-38-32-48(62-7)50(64-9)34-40(38)42(54)28-36-14-16-44(58-3)46(30-36)60-5)24-20-52(56)66-26-12-10-11-25-65-51(55)18-22-53-21-17-37-31-47(61-6)49(63-8)33-39(37)41(53)27-35-13-15-43(57-2)45(29-35)59-4/h13-16,29-34,41-42H,10-12,17-28H2,1-9H3/q+1/t41-,42-,54?/m1/s1. The van der Waals surface area contributed by atoms with Gasteiger partial charge in [0, 0.05) is 37.5 Å². The number of hydrogen-bond acceptors (Lipinski definition) is 13. The van der Waals surface area contributed by atoms with Crippen LogP contribution in [0.3, 0.4) is 0 Å². The molecule has 2 aliphatic rings. The van der Waals surface area contributed by atoms with Gasteiger partial charge in [0.1, 0.15) is 6.04 Å². The molecule has 0 saturated carbocycles. The van der Waals surface area contributed by atoms with Crippen molar-refractivity contribution in [2.45, 2.75) is 69.9 Å². The lowest BCUT2D eigenvalue weighted by Crippen LogP contribution is -2.53. The van der Waals surface area contributed by atoms with Crippen LogP contribution in [0.15, 0.2) is 60.7 Å². The highest BCUT2D eigenvalue weighted by Gasteiger charge is 2.40. The van der Waals surface area contributed by atoms with Crippen LogP contribution in [0.5, 0.6) is 46.0 Å². The molecule has 0 N–H and O–H groups in total. The fourth-order valence-electron chi connectivity index (χ4n) is 9.46. The molecule has 66 heavy (non-hydrogen) atoms. The molecular weight excluding hydrogens is 845 g/mol. The largest absolute Gasteiger partial charge is 0.493 e. The van der Waals surface area contributed by atoms with Crippen molar-refractivity contribution in [3.63, 3.8) is 0 Å². The number of methoxy groups -OCH3 is 8. The van der Waals surface area contributed by atoms with Gasteiger partial charge in [-0.15, -0.1) is 0 Å². The van der Waals surface area contributed by atoms with E-state index in [-0.39, 0.29) is 30.4 Å². The number of quaternary nitrogens is 1. The first kappa shape index (κ1) is 49.6. The molecule has 1 unspecified atom stereocenters. The lowest BCUT2D eigenvalue weighted by Gasteiger charge is -2.46. The van der Waals surface area contributed by atoms with E-state index < -0.39 is 0 Å². The molecule has 14 heteroatoms. The van der Waals surface area contributed by atoms with Gasteiger partial charge in [0.25, 0.3) is 0 Å². The zero-order valence-electron chi connectivity index (χ0n) is 40.3. The van der Waals surface area contributed by atoms with Crippen molar-refractivity contribution in [1.29, 1.82) is 0 Å². The van der Waals surface area contributed by atoms with Crippen molar-refractivity contribution in [2.75, 3.05) is 103 Å². The van der Waals surface area contributed by atoms with Gasteiger partial charge in [-0.3, -0.25) is 14.5 Å². The van der Waals surface area contributed by atoms with E-state index in [1.165, 1.54) is 16.7 Å². The number of unbranched alkanes of at least 4 members (excludes halogenated alkanes) is 2. The zero-order chi connectivity index (χ0) is 47.2. The third-order valence-electron chi connectivity index (χ3n) is 13.3. The number of fused-ring (bicyclic) bond motifs is 2. The van der Waals surface area contributed by atoms with E-state index in [1.54, 1.807) is 56.9 Å². The number of likely N-dealkylation sites (N-methyl/N-ethyl adjacent to an activating group) is 1. The molecule has 0 amide bonds. The van der Waals surface area contributed by atoms with E-state index in [4.69, 9.17) is 47.4 Å². The number of ether oxygens (including phenoxy) is 10. The summed E-state index contributed by atoms with van der Waals surface area (Å²) in [6.45, 7) is 3.43. The highest BCUT2D eigenvalue weighted by Crippen LogP contribution is 2.44. The van der Waals surface area contributed by atoms with Gasteiger partial charge in [-0.25, -0.2) is 0 Å². The van der Waals surface area contributed by atoms with Crippen LogP contribution in [-0.4, -0.2) is 125 Å². The number of carbonyl (C=O) groups is 2. The minimum absolute atomic E-state index is 0.0116. The van der Waals surface area contributed by atoms with Crippen LogP contribution in [0.25, 0.3) is 0 Å². The van der Waals surface area contributed by atoms with Crippen molar-refractivity contribution >= 4 is 11.9 Å². The maximum absolute atomic E-state index is 13.2. The minimum Gasteiger partial charge on any atom is -0.493 e. The molecule has 4 aromatic rings. The first-order valence-electron chi connectivity index (χ1n) is 22.8. The lowest BCUT2D eigenvalue weighted by molar-refractivity contribution is -0.940. The Morgan fingerprint density at radius 2 is 1.02 bits per heavy atom. The molecule has 14 nitrogen and oxygen atoms in total. The van der Waals surface area contributed by atoms with Gasteiger partial charge in [0.05, 0.1) is 103 Å². The Balaban J connectivity index is 0.972. The molecule has 0 radical (unpaired) electrons. The maximum Gasteiger partial charge on any atom is 0.311 e. The van der Waals surface area contributed by atoms with Gasteiger partial charge >= 0.3 is 11.9 Å². The Kier molecular flexibility index (Phi) is 17.7. The Morgan fingerprint density at radius 1 is 0.545 bits per heavy atom. The summed E-state index contributed by atoms with van der Waals surface area (Å²) >= 11 is 0. The summed E-state index contributed by atoms with van der Waals surface area (Å²) in [7, 11) is 15.4. The highest BCUT2D eigenvalue weighted by atomic mass is 16.5. The quantitative estimate of drug-likeness (QED) is 0.0384. The summed E-state index contributed by atoms with van der Waals surface area (Å²) in [5, 5.41) is 0. The second-order valence-corrected chi connectivity index (χ2v) is 17.1. The topological polar surface area (TPSA) is 130 Å². The molecule has 0 fully saturated rings. The Bertz CT molecular complexity index is 2260. The molecule has 0 saturated heterocycles. The molecule has 2 heterocycles. The molecule has 2 aliphatic heterocycles. The van der Waals surface area contributed by atoms with Crippen LogP contribution in [-0.2, 0) is 44.7 Å². The van der Waals surface area contributed by atoms with Crippen LogP contribution in [0.4, 0.5) is 0 Å². The zero-order valence-corrected chi connectivity index (χ0v) is 40.3. The highest BCUT2D eigenvalue weighted by molar-refractivity contribution is 5.70. The molecular formula is C52H69N2O12+. The SMILES string of the molecule is COc1ccc(C[C@@H]2c3cc(OC)c(OC)cc3CCN2CCC(=O)OCCCCCOC(=O)CC[N+]2(C)CCc3cc(OC)c(OC)cc3[C@H]2Cc2ccc(OC)c(OC)c2)cc1OC. The summed E-state index contributed by atoms with van der Waals surface area (Å²) < 4.78 is 57.0. The summed E-state index contributed by atoms with van der Waals surface area (Å²) in [5.41, 5.74) is 6.93. The lowest BCUT2D eigenvalue weighted by atomic mass is 9.86. The average molecular weight is 914 g/mol. The number of carbonyl (C=O) groups excluding carboxylic acids is 2. The second-order valence-electron chi connectivity index (χ2n) is 17.1. The summed E-state index contributed by atoms with van der Waals surface area (Å²) in [6.07, 6.45) is 5.77. The van der Waals surface area contributed by atoms with Crippen molar-refractivity contribution in [1.82, 2.24) is 4.90 Å². The van der Waals surface area contributed by atoms with Crippen molar-refractivity contribution in [2.24, 2.45) is 0 Å². The van der Waals surface area contributed by atoms with Crippen LogP contribution < -0.4 is 37.9 Å². The Labute approximate surface area is 390 Å². The van der Waals surface area contributed by atoms with Crippen LogP contribution in [0.2, 0.25) is 0 Å². The third-order valence-corrected chi connectivity index (χ3v) is 13.3. The number of benzene rings is 4. The number of hydrogen-bond donors (Lipinski definition) is 0. The number of esters is 2.